The van der Waals surface area contributed by atoms with Crippen molar-refractivity contribution in [2.24, 2.45) is 0 Å². The van der Waals surface area contributed by atoms with Crippen LogP contribution in [0.15, 0.2) is 146 Å². The predicted molar refractivity (Wildman–Crippen MR) is 224 cm³/mol. The fourth-order valence-electron chi connectivity index (χ4n) is 7.25. The van der Waals surface area contributed by atoms with Gasteiger partial charge in [-0.2, -0.15) is 0 Å². The van der Waals surface area contributed by atoms with Gasteiger partial charge in [0.25, 0.3) is 8.32 Å². The minimum Gasteiger partial charge on any atom is -0.346 e. The van der Waals surface area contributed by atoms with Crippen LogP contribution in [0.4, 0.5) is 11.4 Å². The second kappa shape index (κ2) is 15.8. The first-order valence-electron chi connectivity index (χ1n) is 18.3. The average Bonchev–Trinajstić information content (AvgIpc) is 3.56. The molecule has 0 amide bonds. The van der Waals surface area contributed by atoms with Crippen LogP contribution in [0.3, 0.4) is 0 Å². The van der Waals surface area contributed by atoms with Crippen LogP contribution in [0.2, 0.25) is 0 Å². The zero-order chi connectivity index (χ0) is 36.1. The van der Waals surface area contributed by atoms with Gasteiger partial charge in [-0.25, -0.2) is 0 Å². The lowest BCUT2D eigenvalue weighted by Crippen LogP contribution is -2.68. The first kappa shape index (κ1) is 36.4. The summed E-state index contributed by atoms with van der Waals surface area (Å²) in [6.07, 6.45) is 4.48. The molecule has 0 radical (unpaired) electrons. The third kappa shape index (κ3) is 7.20. The van der Waals surface area contributed by atoms with Crippen LogP contribution < -0.4 is 25.4 Å². The molecule has 51 heavy (non-hydrogen) atoms. The van der Waals surface area contributed by atoms with Crippen LogP contribution in [0.5, 0.6) is 0 Å². The van der Waals surface area contributed by atoms with Gasteiger partial charge in [-0.3, -0.25) is 9.80 Å². The van der Waals surface area contributed by atoms with E-state index in [2.05, 4.69) is 210 Å². The second-order valence-electron chi connectivity index (χ2n) is 14.6. The Kier molecular flexibility index (Phi) is 11.3. The molecule has 0 spiro atoms. The lowest BCUT2D eigenvalue weighted by molar-refractivity contribution is 0.673. The molecule has 0 saturated heterocycles. The number of benzene rings is 5. The molecule has 5 aromatic carbocycles. The van der Waals surface area contributed by atoms with Gasteiger partial charge in [0.1, 0.15) is 8.43 Å². The minimum atomic E-state index is -2.96. The van der Waals surface area contributed by atoms with Crippen molar-refractivity contribution in [3.63, 3.8) is 0 Å². The topological polar surface area (TPSA) is 15.7 Å². The van der Waals surface area contributed by atoms with Crippen molar-refractivity contribution >= 4 is 49.1 Å². The standard InChI is InChI=1S/C46H51N2OPSi/c1-33(2)40-26-18-27-41(34(3)4)45(40)47-30-31-48(46-42(35(5)6)28-19-29-43(46)36(7)8)44(47)32-50-49-51(37-20-12-9-13-21-37,38-22-14-10-15-23-38)39-24-16-11-17-25-39/h9-31,33-36H,1-8H3. The molecule has 0 unspecified atom stereocenters. The molecule has 6 rings (SSSR count). The van der Waals surface area contributed by atoms with Crippen LogP contribution >= 0.6 is 8.43 Å². The molecule has 5 heteroatoms. The fourth-order valence-corrected chi connectivity index (χ4v) is 12.5. The third-order valence-corrected chi connectivity index (χ3v) is 15.0. The lowest BCUT2D eigenvalue weighted by atomic mass is 9.91. The molecule has 0 saturated carbocycles. The van der Waals surface area contributed by atoms with Crippen LogP contribution in [0.25, 0.3) is 0 Å². The van der Waals surface area contributed by atoms with Crippen molar-refractivity contribution in [3.8, 4) is 0 Å². The highest BCUT2D eigenvalue weighted by Gasteiger charge is 2.42. The van der Waals surface area contributed by atoms with E-state index in [1.165, 1.54) is 49.2 Å². The Morgan fingerprint density at radius 3 is 1.06 bits per heavy atom. The van der Waals surface area contributed by atoms with Crippen molar-refractivity contribution in [3.05, 3.63) is 168 Å². The van der Waals surface area contributed by atoms with Gasteiger partial charge in [0.05, 0.1) is 11.4 Å². The number of hydrogen-bond acceptors (Lipinski definition) is 3. The molecule has 0 N–H and O–H groups in total. The molecule has 5 aromatic rings. The molecular weight excluding hydrogens is 656 g/mol. The van der Waals surface area contributed by atoms with Gasteiger partial charge < -0.3 is 4.21 Å². The molecule has 0 bridgehead atoms. The highest BCUT2D eigenvalue weighted by molar-refractivity contribution is 7.37. The summed E-state index contributed by atoms with van der Waals surface area (Å²) in [6.45, 7) is 18.3. The summed E-state index contributed by atoms with van der Waals surface area (Å²) in [5, 5.41) is 3.62. The molecule has 1 aliphatic heterocycles. The smallest absolute Gasteiger partial charge is 0.299 e. The number of hydrogen-bond donors (Lipinski definition) is 0. The van der Waals surface area contributed by atoms with Crippen molar-refractivity contribution < 1.29 is 4.21 Å². The van der Waals surface area contributed by atoms with Gasteiger partial charge in [0.15, 0.2) is 5.82 Å². The third-order valence-electron chi connectivity index (χ3n) is 9.86. The largest absolute Gasteiger partial charge is 0.346 e. The Morgan fingerprint density at radius 2 is 0.765 bits per heavy atom. The van der Waals surface area contributed by atoms with E-state index in [0.29, 0.717) is 32.1 Å². The average molecular weight is 707 g/mol. The van der Waals surface area contributed by atoms with Crippen molar-refractivity contribution in [1.29, 1.82) is 0 Å². The molecule has 1 heterocycles. The summed E-state index contributed by atoms with van der Waals surface area (Å²) in [6, 6.07) is 46.0. The van der Waals surface area contributed by atoms with E-state index >= 15 is 0 Å². The molecule has 0 fully saturated rings. The number of para-hydroxylation sites is 2. The van der Waals surface area contributed by atoms with Gasteiger partial charge in [0, 0.05) is 12.4 Å². The molecule has 1 aliphatic rings. The lowest BCUT2D eigenvalue weighted by Gasteiger charge is -2.32. The van der Waals surface area contributed by atoms with Gasteiger partial charge in [-0.1, -0.05) is 183 Å². The highest BCUT2D eigenvalue weighted by atomic mass is 31.1. The Morgan fingerprint density at radius 1 is 0.451 bits per heavy atom. The zero-order valence-electron chi connectivity index (χ0n) is 31.3. The molecule has 260 valence electrons. The Labute approximate surface area is 309 Å². The quantitative estimate of drug-likeness (QED) is 0.0773. The van der Waals surface area contributed by atoms with Crippen LogP contribution in [0, 0.1) is 0 Å². The highest BCUT2D eigenvalue weighted by Crippen LogP contribution is 2.44. The summed E-state index contributed by atoms with van der Waals surface area (Å²) < 4.78 is 7.43. The van der Waals surface area contributed by atoms with E-state index in [0.717, 1.165) is 5.82 Å². The molecule has 0 aliphatic carbocycles. The van der Waals surface area contributed by atoms with E-state index in [1.807, 2.05) is 0 Å². The Hall–Kier alpha value is -4.43. The molecular formula is C46H51N2OPSi. The van der Waals surface area contributed by atoms with Crippen LogP contribution in [-0.2, 0) is 4.21 Å². The minimum absolute atomic E-state index is 0.347. The van der Waals surface area contributed by atoms with E-state index in [-0.39, 0.29) is 0 Å². The number of rotatable bonds is 11. The maximum absolute atomic E-state index is 7.43. The first-order chi connectivity index (χ1) is 24.6. The normalized spacial score (nSPS) is 13.4. The predicted octanol–water partition coefficient (Wildman–Crippen LogP) is 10.8. The maximum Gasteiger partial charge on any atom is 0.299 e. The summed E-state index contributed by atoms with van der Waals surface area (Å²) >= 11 is 0. The maximum atomic E-state index is 7.43. The van der Waals surface area contributed by atoms with Gasteiger partial charge in [0.2, 0.25) is 0 Å². The van der Waals surface area contributed by atoms with Gasteiger partial charge in [-0.05, 0) is 66.9 Å². The molecule has 0 atom stereocenters. The Balaban J connectivity index is 1.64. The van der Waals surface area contributed by atoms with Crippen LogP contribution in [-0.4, -0.2) is 13.8 Å². The SMILES string of the molecule is CC(C)c1cccc(C(C)C)c1N1C=CN(c2c(C(C)C)cccc2C(C)C)C1=C=PO[Si](c1ccccc1)(c1ccccc1)c1ccccc1. The Bertz CT molecular complexity index is 1810. The van der Waals surface area contributed by atoms with Crippen molar-refractivity contribution in [2.45, 2.75) is 79.1 Å². The van der Waals surface area contributed by atoms with Gasteiger partial charge in [-0.15, -0.1) is 0 Å². The zero-order valence-corrected chi connectivity index (χ0v) is 33.2. The number of anilines is 2. The molecule has 0 aromatic heterocycles. The fraction of sp³-hybridized carbons (Fsp3) is 0.261. The van der Waals surface area contributed by atoms with E-state index in [9.17, 15) is 0 Å². The second-order valence-corrected chi connectivity index (χ2v) is 18.9. The first-order valence-corrected chi connectivity index (χ1v) is 21.1. The van der Waals surface area contributed by atoms with Crippen molar-refractivity contribution in [1.82, 2.24) is 0 Å². The summed E-state index contributed by atoms with van der Waals surface area (Å²) in [7, 11) is -2.30. The summed E-state index contributed by atoms with van der Waals surface area (Å²) in [4.78, 5) is 4.75. The summed E-state index contributed by atoms with van der Waals surface area (Å²) in [5.41, 5.74) is 11.7. The van der Waals surface area contributed by atoms with E-state index in [1.54, 1.807) is 0 Å². The van der Waals surface area contributed by atoms with Crippen molar-refractivity contribution in [2.75, 3.05) is 9.80 Å². The number of nitrogens with zero attached hydrogens (tertiary/aromatic N) is 2. The monoisotopic (exact) mass is 706 g/mol. The van der Waals surface area contributed by atoms with Crippen LogP contribution in [0.1, 0.15) is 101 Å². The van der Waals surface area contributed by atoms with Gasteiger partial charge >= 0.3 is 0 Å². The summed E-state index contributed by atoms with van der Waals surface area (Å²) in [5.74, 6) is 2.36. The molecule has 3 nitrogen and oxygen atoms in total. The van der Waals surface area contributed by atoms with E-state index in [4.69, 9.17) is 4.21 Å². The van der Waals surface area contributed by atoms with E-state index < -0.39 is 8.32 Å².